The fourth-order valence-electron chi connectivity index (χ4n) is 1.81. The van der Waals surface area contributed by atoms with Gasteiger partial charge in [-0.05, 0) is 0 Å². The van der Waals surface area contributed by atoms with E-state index in [1.807, 2.05) is 18.6 Å². The summed E-state index contributed by atoms with van der Waals surface area (Å²) in [5.74, 6) is 0. The van der Waals surface area contributed by atoms with E-state index in [4.69, 9.17) is 0 Å². The Morgan fingerprint density at radius 1 is 1.54 bits per heavy atom. The smallest absolute Gasteiger partial charge is 0.0763 e. The van der Waals surface area contributed by atoms with Crippen LogP contribution in [-0.2, 0) is 0 Å². The van der Waals surface area contributed by atoms with Crippen LogP contribution in [0.25, 0.3) is 0 Å². The number of nitrogens with one attached hydrogen (secondary N) is 1. The Kier molecular flexibility index (Phi) is 1.12. The molecule has 1 N–H and O–H groups in total. The van der Waals surface area contributed by atoms with Gasteiger partial charge in [0, 0.05) is 31.6 Å². The van der Waals surface area contributed by atoms with Crippen molar-refractivity contribution in [3.8, 4) is 0 Å². The summed E-state index contributed by atoms with van der Waals surface area (Å²) in [6, 6.07) is 0. The molecule has 64 valence electrons. The molecular weight excluding hydrogens is 162 g/mol. The van der Waals surface area contributed by atoms with E-state index in [2.05, 4.69) is 28.0 Å². The molecule has 0 saturated heterocycles. The van der Waals surface area contributed by atoms with Crippen molar-refractivity contribution in [1.82, 2.24) is 10.2 Å². The number of rotatable bonds is 0. The highest BCUT2D eigenvalue weighted by Crippen LogP contribution is 2.30. The van der Waals surface area contributed by atoms with Gasteiger partial charge < -0.3 is 10.2 Å². The molecule has 0 aromatic heterocycles. The van der Waals surface area contributed by atoms with E-state index in [1.54, 1.807) is 0 Å². The second-order valence-corrected chi connectivity index (χ2v) is 3.28. The summed E-state index contributed by atoms with van der Waals surface area (Å²) in [5.41, 5.74) is 8.02. The minimum atomic E-state index is 0.879. The maximum Gasteiger partial charge on any atom is 0.0763 e. The molecule has 3 aliphatic rings. The predicted molar refractivity (Wildman–Crippen MR) is 51.0 cm³/mol. The van der Waals surface area contributed by atoms with Crippen LogP contribution in [0.3, 0.4) is 0 Å². The van der Waals surface area contributed by atoms with E-state index in [0.717, 1.165) is 17.8 Å². The largest absolute Gasteiger partial charge is 0.384 e. The van der Waals surface area contributed by atoms with Gasteiger partial charge in [0.25, 0.3) is 0 Å². The van der Waals surface area contributed by atoms with Crippen molar-refractivity contribution in [2.75, 3.05) is 13.6 Å². The normalized spacial score (nSPS) is 22.7. The molecule has 3 heterocycles. The first-order chi connectivity index (χ1) is 6.36. The first-order valence-corrected chi connectivity index (χ1v) is 4.27. The van der Waals surface area contributed by atoms with Crippen LogP contribution >= 0.6 is 0 Å². The zero-order valence-electron chi connectivity index (χ0n) is 7.33. The lowest BCUT2D eigenvalue weighted by molar-refractivity contribution is 0.540. The minimum Gasteiger partial charge on any atom is -0.384 e. The Hall–Kier alpha value is -1.73. The molecule has 0 aromatic rings. The Balaban J connectivity index is 2.27. The lowest BCUT2D eigenvalue weighted by Gasteiger charge is -2.24. The second kappa shape index (κ2) is 2.15. The number of allylic oxidation sites excluding steroid dienone is 1. The third kappa shape index (κ3) is 0.767. The van der Waals surface area contributed by atoms with Crippen molar-refractivity contribution in [3.63, 3.8) is 0 Å². The molecule has 13 heavy (non-hydrogen) atoms. The Morgan fingerprint density at radius 3 is 3.38 bits per heavy atom. The van der Waals surface area contributed by atoms with Crippen molar-refractivity contribution in [1.29, 1.82) is 0 Å². The number of likely N-dealkylation sites (N-methyl/N-ethyl adjacent to an activating group) is 1. The molecule has 0 spiro atoms. The first kappa shape index (κ1) is 6.75. The third-order valence-corrected chi connectivity index (χ3v) is 2.51. The van der Waals surface area contributed by atoms with Crippen molar-refractivity contribution in [2.24, 2.45) is 4.99 Å². The van der Waals surface area contributed by atoms with Crippen molar-refractivity contribution >= 4 is 6.21 Å². The van der Waals surface area contributed by atoms with Gasteiger partial charge in [-0.1, -0.05) is 0 Å². The van der Waals surface area contributed by atoms with Crippen molar-refractivity contribution in [3.05, 3.63) is 40.7 Å². The topological polar surface area (TPSA) is 27.6 Å². The molecule has 0 atom stereocenters. The summed E-state index contributed by atoms with van der Waals surface area (Å²) in [5, 5.41) is 3.20. The molecule has 0 radical (unpaired) electrons. The average molecular weight is 171 g/mol. The third-order valence-electron chi connectivity index (χ3n) is 2.51. The molecule has 0 amide bonds. The van der Waals surface area contributed by atoms with E-state index in [1.165, 1.54) is 11.3 Å². The highest BCUT2D eigenvalue weighted by atomic mass is 15.2. The fraction of sp³-hybridized carbons (Fsp3) is 0.200. The van der Waals surface area contributed by atoms with Crippen LogP contribution in [0.5, 0.6) is 0 Å². The quantitative estimate of drug-likeness (QED) is 0.545. The molecule has 0 aromatic carbocycles. The SMILES string of the molecule is CN1C2=CN=CC2=C=C2CNC=C21. The second-order valence-electron chi connectivity index (χ2n) is 3.28. The van der Waals surface area contributed by atoms with Crippen molar-refractivity contribution < 1.29 is 0 Å². The summed E-state index contributed by atoms with van der Waals surface area (Å²) in [6.45, 7) is 0.879. The van der Waals surface area contributed by atoms with Gasteiger partial charge in [-0.2, -0.15) is 0 Å². The van der Waals surface area contributed by atoms with Crippen LogP contribution in [0.2, 0.25) is 0 Å². The van der Waals surface area contributed by atoms with Crippen LogP contribution in [0.15, 0.2) is 45.7 Å². The Morgan fingerprint density at radius 2 is 2.46 bits per heavy atom. The summed E-state index contributed by atoms with van der Waals surface area (Å²) in [4.78, 5) is 6.26. The highest BCUT2D eigenvalue weighted by Gasteiger charge is 2.25. The lowest BCUT2D eigenvalue weighted by Crippen LogP contribution is -2.20. The monoisotopic (exact) mass is 171 g/mol. The Labute approximate surface area is 76.5 Å². The number of hydrogen-bond acceptors (Lipinski definition) is 3. The average Bonchev–Trinajstić information content (AvgIpc) is 2.71. The standard InChI is InChI=1S/C10H9N3/c1-13-9-5-11-3-7(9)2-8-4-12-6-10(8)13/h3,5-6,12H,4H2,1H3. The van der Waals surface area contributed by atoms with Crippen LogP contribution in [-0.4, -0.2) is 24.7 Å². The molecule has 0 bridgehead atoms. The fourth-order valence-corrected chi connectivity index (χ4v) is 1.81. The van der Waals surface area contributed by atoms with Gasteiger partial charge >= 0.3 is 0 Å². The summed E-state index contributed by atoms with van der Waals surface area (Å²) in [6.07, 6.45) is 5.75. The molecule has 3 nitrogen and oxygen atoms in total. The number of fused-ring (bicyclic) bond motifs is 2. The van der Waals surface area contributed by atoms with E-state index in [-0.39, 0.29) is 0 Å². The summed E-state index contributed by atoms with van der Waals surface area (Å²) in [7, 11) is 2.06. The number of hydrogen-bond donors (Lipinski definition) is 1. The van der Waals surface area contributed by atoms with Crippen LogP contribution in [0.1, 0.15) is 0 Å². The van der Waals surface area contributed by atoms with Gasteiger partial charge in [0.15, 0.2) is 0 Å². The maximum atomic E-state index is 4.12. The number of aliphatic imine (C=N–C) groups is 1. The molecule has 3 heteroatoms. The van der Waals surface area contributed by atoms with Gasteiger partial charge in [0.2, 0.25) is 0 Å². The molecule has 0 unspecified atom stereocenters. The van der Waals surface area contributed by atoms with Gasteiger partial charge in [0.1, 0.15) is 0 Å². The van der Waals surface area contributed by atoms with Gasteiger partial charge in [0.05, 0.1) is 23.2 Å². The van der Waals surface area contributed by atoms with E-state index >= 15 is 0 Å². The van der Waals surface area contributed by atoms with E-state index < -0.39 is 0 Å². The van der Waals surface area contributed by atoms with Crippen LogP contribution in [0, 0.1) is 0 Å². The molecule has 3 aliphatic heterocycles. The van der Waals surface area contributed by atoms with Gasteiger partial charge in [-0.25, -0.2) is 0 Å². The molecule has 0 saturated carbocycles. The maximum absolute atomic E-state index is 4.12. The highest BCUT2D eigenvalue weighted by molar-refractivity contribution is 5.88. The van der Waals surface area contributed by atoms with E-state index in [0.29, 0.717) is 0 Å². The molecular formula is C10H9N3. The van der Waals surface area contributed by atoms with Gasteiger partial charge in [-0.15, -0.1) is 5.73 Å². The van der Waals surface area contributed by atoms with E-state index in [9.17, 15) is 0 Å². The lowest BCUT2D eigenvalue weighted by atomic mass is 10.1. The molecule has 3 rings (SSSR count). The summed E-state index contributed by atoms with van der Waals surface area (Å²) >= 11 is 0. The predicted octanol–water partition coefficient (Wildman–Crippen LogP) is 0.754. The number of nitrogens with zero attached hydrogens (tertiary/aromatic N) is 2. The van der Waals surface area contributed by atoms with Crippen molar-refractivity contribution in [2.45, 2.75) is 0 Å². The Bertz CT molecular complexity index is 429. The minimum absolute atomic E-state index is 0.879. The molecule has 0 fully saturated rings. The van der Waals surface area contributed by atoms with Crippen LogP contribution in [0.4, 0.5) is 0 Å². The van der Waals surface area contributed by atoms with Gasteiger partial charge in [-0.3, -0.25) is 4.99 Å². The van der Waals surface area contributed by atoms with Crippen LogP contribution < -0.4 is 5.32 Å². The zero-order chi connectivity index (χ0) is 8.84. The first-order valence-electron chi connectivity index (χ1n) is 4.27. The zero-order valence-corrected chi connectivity index (χ0v) is 7.33. The summed E-state index contributed by atoms with van der Waals surface area (Å²) < 4.78 is 0. The molecule has 0 aliphatic carbocycles.